The van der Waals surface area contributed by atoms with Crippen molar-refractivity contribution < 1.29 is 14.5 Å². The van der Waals surface area contributed by atoms with Crippen LogP contribution < -0.4 is 0 Å². The van der Waals surface area contributed by atoms with E-state index >= 15 is 0 Å². The van der Waals surface area contributed by atoms with Crippen molar-refractivity contribution in [2.45, 2.75) is 0 Å². The molecule has 1 saturated heterocycles. The van der Waals surface area contributed by atoms with Gasteiger partial charge in [0.15, 0.2) is 0 Å². The number of amides is 1. The van der Waals surface area contributed by atoms with E-state index in [0.717, 1.165) is 11.1 Å². The predicted octanol–water partition coefficient (Wildman–Crippen LogP) is 2.99. The largest absolute Gasteiger partial charge is 0.378 e. The standard InChI is InChI=1S/C19H18N2O4/c22-19(20-10-12-25-13-11-20)18(16-4-2-1-3-5-16)14-15-6-8-17(9-7-15)21(23)24/h1-9,14H,10-13H2/b18-14+. The number of nitro groups is 1. The number of benzene rings is 2. The van der Waals surface area contributed by atoms with E-state index in [1.807, 2.05) is 30.3 Å². The summed E-state index contributed by atoms with van der Waals surface area (Å²) in [6.45, 7) is 2.18. The molecule has 1 heterocycles. The zero-order valence-electron chi connectivity index (χ0n) is 13.6. The highest BCUT2D eigenvalue weighted by atomic mass is 16.6. The second-order valence-electron chi connectivity index (χ2n) is 5.68. The Morgan fingerprint density at radius 1 is 1.04 bits per heavy atom. The summed E-state index contributed by atoms with van der Waals surface area (Å²) < 4.78 is 5.31. The zero-order valence-corrected chi connectivity index (χ0v) is 13.6. The highest BCUT2D eigenvalue weighted by Crippen LogP contribution is 2.22. The summed E-state index contributed by atoms with van der Waals surface area (Å²) >= 11 is 0. The van der Waals surface area contributed by atoms with Crippen molar-refractivity contribution in [3.8, 4) is 0 Å². The molecule has 25 heavy (non-hydrogen) atoms. The molecule has 1 amide bonds. The van der Waals surface area contributed by atoms with Crippen molar-refractivity contribution in [1.82, 2.24) is 4.90 Å². The van der Waals surface area contributed by atoms with Gasteiger partial charge in [0.25, 0.3) is 11.6 Å². The molecule has 6 nitrogen and oxygen atoms in total. The van der Waals surface area contributed by atoms with E-state index in [0.29, 0.717) is 31.9 Å². The van der Waals surface area contributed by atoms with Crippen LogP contribution in [-0.2, 0) is 9.53 Å². The summed E-state index contributed by atoms with van der Waals surface area (Å²) in [6.07, 6.45) is 1.77. The van der Waals surface area contributed by atoms with E-state index in [1.165, 1.54) is 12.1 Å². The number of nitro benzene ring substituents is 1. The Bertz CT molecular complexity index is 779. The lowest BCUT2D eigenvalue weighted by molar-refractivity contribution is -0.384. The number of nitrogens with zero attached hydrogens (tertiary/aromatic N) is 2. The van der Waals surface area contributed by atoms with E-state index in [-0.39, 0.29) is 11.6 Å². The molecule has 0 N–H and O–H groups in total. The van der Waals surface area contributed by atoms with Crippen molar-refractivity contribution in [3.05, 3.63) is 75.8 Å². The summed E-state index contributed by atoms with van der Waals surface area (Å²) in [4.78, 5) is 25.1. The lowest BCUT2D eigenvalue weighted by Crippen LogP contribution is -2.41. The van der Waals surface area contributed by atoms with Crippen LogP contribution in [0.1, 0.15) is 11.1 Å². The molecule has 0 radical (unpaired) electrons. The van der Waals surface area contributed by atoms with Gasteiger partial charge in [-0.2, -0.15) is 0 Å². The zero-order chi connectivity index (χ0) is 17.6. The molecule has 1 fully saturated rings. The van der Waals surface area contributed by atoms with Gasteiger partial charge in [0.1, 0.15) is 0 Å². The van der Waals surface area contributed by atoms with E-state index in [9.17, 15) is 14.9 Å². The molecule has 3 rings (SSSR count). The van der Waals surface area contributed by atoms with Crippen molar-refractivity contribution in [3.63, 3.8) is 0 Å². The van der Waals surface area contributed by atoms with Crippen molar-refractivity contribution in [2.75, 3.05) is 26.3 Å². The highest BCUT2D eigenvalue weighted by molar-refractivity contribution is 6.24. The molecule has 128 valence electrons. The molecule has 1 aliphatic rings. The van der Waals surface area contributed by atoms with Gasteiger partial charge >= 0.3 is 0 Å². The van der Waals surface area contributed by atoms with Gasteiger partial charge in [-0.05, 0) is 29.3 Å². The van der Waals surface area contributed by atoms with Crippen LogP contribution in [0.3, 0.4) is 0 Å². The van der Waals surface area contributed by atoms with Crippen LogP contribution in [0.4, 0.5) is 5.69 Å². The molecule has 0 aromatic heterocycles. The number of morpholine rings is 1. The summed E-state index contributed by atoms with van der Waals surface area (Å²) in [7, 11) is 0. The maximum absolute atomic E-state index is 13.0. The molecular formula is C19H18N2O4. The minimum Gasteiger partial charge on any atom is -0.378 e. The SMILES string of the molecule is O=C(/C(=C/c1ccc([N+](=O)[O-])cc1)c1ccccc1)N1CCOCC1. The van der Waals surface area contributed by atoms with Gasteiger partial charge in [-0.15, -0.1) is 0 Å². The minimum absolute atomic E-state index is 0.0258. The van der Waals surface area contributed by atoms with Crippen LogP contribution in [0, 0.1) is 10.1 Å². The van der Waals surface area contributed by atoms with Crippen LogP contribution in [0.5, 0.6) is 0 Å². The third-order valence-corrected chi connectivity index (χ3v) is 4.03. The Kier molecular flexibility index (Phi) is 5.20. The van der Waals surface area contributed by atoms with E-state index in [1.54, 1.807) is 23.1 Å². The average molecular weight is 338 g/mol. The van der Waals surface area contributed by atoms with Crippen LogP contribution in [0.15, 0.2) is 54.6 Å². The van der Waals surface area contributed by atoms with Gasteiger partial charge in [-0.1, -0.05) is 30.3 Å². The third-order valence-electron chi connectivity index (χ3n) is 4.03. The predicted molar refractivity (Wildman–Crippen MR) is 94.8 cm³/mol. The number of non-ortho nitro benzene ring substituents is 1. The van der Waals surface area contributed by atoms with Crippen LogP contribution in [0.2, 0.25) is 0 Å². The number of ether oxygens (including phenoxy) is 1. The summed E-state index contributed by atoms with van der Waals surface area (Å²) in [5, 5.41) is 10.8. The smallest absolute Gasteiger partial charge is 0.269 e. The Morgan fingerprint density at radius 3 is 2.28 bits per heavy atom. The van der Waals surface area contributed by atoms with Crippen molar-refractivity contribution in [2.24, 2.45) is 0 Å². The fraction of sp³-hybridized carbons (Fsp3) is 0.211. The summed E-state index contributed by atoms with van der Waals surface area (Å²) in [5.41, 5.74) is 2.15. The molecule has 2 aromatic rings. The average Bonchev–Trinajstić information content (AvgIpc) is 2.67. The first-order valence-electron chi connectivity index (χ1n) is 8.04. The monoisotopic (exact) mass is 338 g/mol. The first-order chi connectivity index (χ1) is 12.1. The maximum atomic E-state index is 13.0. The molecule has 0 atom stereocenters. The van der Waals surface area contributed by atoms with Gasteiger partial charge < -0.3 is 9.64 Å². The third kappa shape index (κ3) is 4.10. The fourth-order valence-corrected chi connectivity index (χ4v) is 2.68. The Labute approximate surface area is 145 Å². The van der Waals surface area contributed by atoms with Gasteiger partial charge in [0.2, 0.25) is 0 Å². The number of carbonyl (C=O) groups is 1. The molecule has 0 bridgehead atoms. The van der Waals surface area contributed by atoms with E-state index in [2.05, 4.69) is 0 Å². The molecular weight excluding hydrogens is 320 g/mol. The normalized spacial score (nSPS) is 15.0. The van der Waals surface area contributed by atoms with E-state index < -0.39 is 4.92 Å². The molecule has 0 saturated carbocycles. The number of hydrogen-bond acceptors (Lipinski definition) is 4. The minimum atomic E-state index is -0.440. The van der Waals surface area contributed by atoms with Crippen LogP contribution >= 0.6 is 0 Å². The first-order valence-corrected chi connectivity index (χ1v) is 8.04. The lowest BCUT2D eigenvalue weighted by atomic mass is 10.0. The fourth-order valence-electron chi connectivity index (χ4n) is 2.68. The van der Waals surface area contributed by atoms with Crippen molar-refractivity contribution in [1.29, 1.82) is 0 Å². The number of rotatable bonds is 4. The Balaban J connectivity index is 1.95. The topological polar surface area (TPSA) is 72.7 Å². The van der Waals surface area contributed by atoms with Gasteiger partial charge in [0, 0.05) is 30.8 Å². The number of carbonyl (C=O) groups excluding carboxylic acids is 1. The van der Waals surface area contributed by atoms with E-state index in [4.69, 9.17) is 4.74 Å². The molecule has 0 spiro atoms. The molecule has 0 aliphatic carbocycles. The summed E-state index contributed by atoms with van der Waals surface area (Å²) in [6, 6.07) is 15.6. The Morgan fingerprint density at radius 2 is 1.68 bits per heavy atom. The summed E-state index contributed by atoms with van der Waals surface area (Å²) in [5.74, 6) is -0.0622. The maximum Gasteiger partial charge on any atom is 0.269 e. The quantitative estimate of drug-likeness (QED) is 0.372. The molecule has 1 aliphatic heterocycles. The molecule has 2 aromatic carbocycles. The van der Waals surface area contributed by atoms with Gasteiger partial charge in [-0.25, -0.2) is 0 Å². The van der Waals surface area contributed by atoms with Crippen molar-refractivity contribution >= 4 is 23.2 Å². The lowest BCUT2D eigenvalue weighted by Gasteiger charge is -2.28. The second-order valence-corrected chi connectivity index (χ2v) is 5.68. The number of hydrogen-bond donors (Lipinski definition) is 0. The van der Waals surface area contributed by atoms with Crippen LogP contribution in [-0.4, -0.2) is 42.0 Å². The Hall–Kier alpha value is -2.99. The van der Waals surface area contributed by atoms with Gasteiger partial charge in [0.05, 0.1) is 18.1 Å². The van der Waals surface area contributed by atoms with Crippen LogP contribution in [0.25, 0.3) is 11.6 Å². The van der Waals surface area contributed by atoms with Gasteiger partial charge in [-0.3, -0.25) is 14.9 Å². The molecule has 6 heteroatoms. The second kappa shape index (κ2) is 7.72. The molecule has 0 unspecified atom stereocenters. The highest BCUT2D eigenvalue weighted by Gasteiger charge is 2.21. The first kappa shape index (κ1) is 16.9.